The van der Waals surface area contributed by atoms with E-state index in [-0.39, 0.29) is 5.41 Å². The number of nitrogens with zero attached hydrogens (tertiary/aromatic N) is 3. The summed E-state index contributed by atoms with van der Waals surface area (Å²) in [5, 5.41) is 9.83. The number of hydrogen-bond donors (Lipinski definition) is 0. The predicted molar refractivity (Wildman–Crippen MR) is 243 cm³/mol. The molecule has 0 N–H and O–H groups in total. The van der Waals surface area contributed by atoms with Gasteiger partial charge in [0.2, 0.25) is 17.7 Å². The zero-order valence-corrected chi connectivity index (χ0v) is 33.3. The fourth-order valence-electron chi connectivity index (χ4n) is 9.29. The van der Waals surface area contributed by atoms with E-state index in [1.165, 1.54) is 59.1 Å². The van der Waals surface area contributed by atoms with Gasteiger partial charge in [0.15, 0.2) is 0 Å². The average molecular weight is 775 g/mol. The smallest absolute Gasteiger partial charge is 0.249 e. The van der Waals surface area contributed by atoms with Crippen molar-refractivity contribution in [2.45, 2.75) is 19.3 Å². The van der Waals surface area contributed by atoms with Crippen molar-refractivity contribution >= 4 is 53.4 Å². The molecule has 1 aliphatic carbocycles. The van der Waals surface area contributed by atoms with Crippen LogP contribution in [0.15, 0.2) is 187 Å². The third-order valence-electron chi connectivity index (χ3n) is 12.2. The Labute approximate surface area is 345 Å². The lowest BCUT2D eigenvalue weighted by Crippen LogP contribution is -2.36. The lowest BCUT2D eigenvalue weighted by atomic mass is 9.82. The van der Waals surface area contributed by atoms with Crippen LogP contribution in [0.3, 0.4) is 0 Å². The molecule has 0 aliphatic heterocycles. The van der Waals surface area contributed by atoms with E-state index in [9.17, 15) is 0 Å². The number of benzene rings is 8. The minimum atomic E-state index is -0.131. The molecule has 8 aromatic carbocycles. The van der Waals surface area contributed by atoms with Crippen molar-refractivity contribution < 1.29 is 9.10 Å². The first-order valence-electron chi connectivity index (χ1n) is 20.1. The average Bonchev–Trinajstić information content (AvgIpc) is 3.93. The molecule has 3 heterocycles. The lowest BCUT2D eigenvalue weighted by Gasteiger charge is -2.21. The number of hydrogen-bond acceptors (Lipinski definition) is 4. The Morgan fingerprint density at radius 3 is 2.10 bits per heavy atom. The van der Waals surface area contributed by atoms with Crippen LogP contribution in [0.4, 0.5) is 0 Å². The molecule has 0 amide bonds. The summed E-state index contributed by atoms with van der Waals surface area (Å²) in [5.74, 6) is 0.654. The molecule has 11 aromatic rings. The molecule has 5 heteroatoms. The molecule has 278 valence electrons. The van der Waals surface area contributed by atoms with Gasteiger partial charge in [-0.25, -0.2) is 4.98 Å². The van der Waals surface area contributed by atoms with Crippen molar-refractivity contribution in [3.63, 3.8) is 0 Å². The van der Waals surface area contributed by atoms with Crippen molar-refractivity contribution in [1.82, 2.24) is 10.1 Å². The molecular formula is C54H36N3OS+. The Balaban J connectivity index is 1.07. The molecule has 59 heavy (non-hydrogen) atoms. The molecule has 0 atom stereocenters. The Bertz CT molecular complexity index is 3470. The largest absolute Gasteiger partial charge is 0.456 e. The monoisotopic (exact) mass is 774 g/mol. The van der Waals surface area contributed by atoms with Crippen molar-refractivity contribution in [2.24, 2.45) is 0 Å². The zero-order chi connectivity index (χ0) is 39.2. The van der Waals surface area contributed by atoms with Crippen LogP contribution in [0.25, 0.3) is 104 Å². The second-order valence-electron chi connectivity index (χ2n) is 16.0. The summed E-state index contributed by atoms with van der Waals surface area (Å²) < 4.78 is 11.2. The number of aromatic nitrogens is 3. The van der Waals surface area contributed by atoms with Gasteiger partial charge in [0.05, 0.1) is 0 Å². The third kappa shape index (κ3) is 5.32. The predicted octanol–water partition coefficient (Wildman–Crippen LogP) is 14.0. The fraction of sp³-hybridized carbons (Fsp3) is 0.0556. The molecule has 0 radical (unpaired) electrons. The quantitative estimate of drug-likeness (QED) is 0.164. The fourth-order valence-corrected chi connectivity index (χ4v) is 10.5. The first-order chi connectivity index (χ1) is 29.0. The van der Waals surface area contributed by atoms with E-state index in [4.69, 9.17) is 14.5 Å². The van der Waals surface area contributed by atoms with Crippen LogP contribution < -0.4 is 4.68 Å². The SMILES string of the molecule is CC1(C)c2ccccc2-c2ccc(-c3c[n+](-c4cccc5oc6ccc(-c7cc(-c8ccccc8)cc8sc9ccccc9c78)cc6c45)nc(-c4ccccc4)n3)cc21. The number of thiophene rings is 1. The highest BCUT2D eigenvalue weighted by Crippen LogP contribution is 2.50. The van der Waals surface area contributed by atoms with Crippen molar-refractivity contribution in [1.29, 1.82) is 0 Å². The molecular weight excluding hydrogens is 739 g/mol. The van der Waals surface area contributed by atoms with E-state index in [0.29, 0.717) is 5.82 Å². The maximum absolute atomic E-state index is 6.62. The van der Waals surface area contributed by atoms with Gasteiger partial charge in [-0.05, 0) is 91.7 Å². The summed E-state index contributed by atoms with van der Waals surface area (Å²) in [6.07, 6.45) is 2.07. The van der Waals surface area contributed by atoms with Gasteiger partial charge >= 0.3 is 0 Å². The summed E-state index contributed by atoms with van der Waals surface area (Å²) in [5.41, 5.74) is 15.3. The van der Waals surface area contributed by atoms with Gasteiger partial charge in [-0.3, -0.25) is 0 Å². The van der Waals surface area contributed by atoms with E-state index in [2.05, 4.69) is 178 Å². The molecule has 3 aromatic heterocycles. The standard InChI is InChI=1S/C54H36N3OS/c1-54(2)43-20-11-9-18-38(43)39-26-24-36(30-44(39)54)45-32-57(56-53(55-45)34-16-7-4-8-17-34)46-21-13-22-48-52(46)42-28-35(25-27-47(42)58-48)41-29-37(33-14-5-3-6-15-33)31-50-51(41)40-19-10-12-23-49(40)59-50/h3-32H,1-2H3/q+1. The van der Waals surface area contributed by atoms with Crippen molar-refractivity contribution in [3.8, 4) is 61.7 Å². The summed E-state index contributed by atoms with van der Waals surface area (Å²) in [6, 6.07) is 62.8. The second kappa shape index (κ2) is 12.9. The second-order valence-corrected chi connectivity index (χ2v) is 17.1. The Hall–Kier alpha value is -7.21. The van der Waals surface area contributed by atoms with Crippen LogP contribution in [-0.2, 0) is 5.41 Å². The van der Waals surface area contributed by atoms with Crippen LogP contribution in [0.2, 0.25) is 0 Å². The highest BCUT2D eigenvalue weighted by Gasteiger charge is 2.35. The van der Waals surface area contributed by atoms with Gasteiger partial charge < -0.3 is 4.42 Å². The maximum Gasteiger partial charge on any atom is 0.249 e. The van der Waals surface area contributed by atoms with Crippen molar-refractivity contribution in [3.05, 3.63) is 193 Å². The maximum atomic E-state index is 6.62. The molecule has 0 saturated carbocycles. The van der Waals surface area contributed by atoms with Crippen LogP contribution in [0, 0.1) is 0 Å². The van der Waals surface area contributed by atoms with Gasteiger partial charge in [-0.2, -0.15) is 0 Å². The highest BCUT2D eigenvalue weighted by atomic mass is 32.1. The van der Waals surface area contributed by atoms with Gasteiger partial charge in [-0.1, -0.05) is 141 Å². The van der Waals surface area contributed by atoms with E-state index >= 15 is 0 Å². The first kappa shape index (κ1) is 33.9. The zero-order valence-electron chi connectivity index (χ0n) is 32.5. The third-order valence-corrected chi connectivity index (χ3v) is 13.3. The molecule has 12 rings (SSSR count). The van der Waals surface area contributed by atoms with E-state index in [1.54, 1.807) is 0 Å². The molecule has 0 bridgehead atoms. The molecule has 4 nitrogen and oxygen atoms in total. The Morgan fingerprint density at radius 2 is 1.24 bits per heavy atom. The molecule has 0 fully saturated rings. The van der Waals surface area contributed by atoms with Crippen LogP contribution in [-0.4, -0.2) is 10.1 Å². The Kier molecular flexibility index (Phi) is 7.41. The van der Waals surface area contributed by atoms with Gasteiger partial charge in [0, 0.05) is 53.3 Å². The summed E-state index contributed by atoms with van der Waals surface area (Å²) in [4.78, 5) is 5.23. The summed E-state index contributed by atoms with van der Waals surface area (Å²) in [6.45, 7) is 4.64. The highest BCUT2D eigenvalue weighted by molar-refractivity contribution is 7.26. The minimum Gasteiger partial charge on any atom is -0.456 e. The summed E-state index contributed by atoms with van der Waals surface area (Å²) in [7, 11) is 0. The minimum absolute atomic E-state index is 0.131. The van der Waals surface area contributed by atoms with Gasteiger partial charge in [0.25, 0.3) is 0 Å². The van der Waals surface area contributed by atoms with E-state index in [0.717, 1.165) is 50.0 Å². The van der Waals surface area contributed by atoms with Crippen LogP contribution in [0.1, 0.15) is 25.0 Å². The van der Waals surface area contributed by atoms with E-state index < -0.39 is 0 Å². The van der Waals surface area contributed by atoms with Crippen LogP contribution in [0.5, 0.6) is 0 Å². The number of rotatable bonds is 5. The van der Waals surface area contributed by atoms with E-state index in [1.807, 2.05) is 34.2 Å². The van der Waals surface area contributed by atoms with Gasteiger partial charge in [0.1, 0.15) is 22.2 Å². The molecule has 0 saturated heterocycles. The molecule has 0 unspecified atom stereocenters. The normalized spacial score (nSPS) is 13.1. The number of fused-ring (bicyclic) bond motifs is 9. The Morgan fingerprint density at radius 1 is 0.492 bits per heavy atom. The van der Waals surface area contributed by atoms with Gasteiger partial charge in [-0.15, -0.1) is 11.3 Å². The lowest BCUT2D eigenvalue weighted by molar-refractivity contribution is -0.657. The summed E-state index contributed by atoms with van der Waals surface area (Å²) >= 11 is 1.85. The topological polar surface area (TPSA) is 42.8 Å². The molecule has 0 spiro atoms. The number of furan rings is 1. The van der Waals surface area contributed by atoms with Crippen LogP contribution >= 0.6 is 11.3 Å². The van der Waals surface area contributed by atoms with Crippen molar-refractivity contribution in [2.75, 3.05) is 0 Å². The molecule has 1 aliphatic rings. The first-order valence-corrected chi connectivity index (χ1v) is 20.9.